The van der Waals surface area contributed by atoms with Gasteiger partial charge in [-0.3, -0.25) is 9.59 Å². The van der Waals surface area contributed by atoms with Gasteiger partial charge in [0.25, 0.3) is 6.09 Å². The van der Waals surface area contributed by atoms with Gasteiger partial charge in [0, 0.05) is 11.6 Å². The fourth-order valence-electron chi connectivity index (χ4n) is 3.40. The molecule has 0 aliphatic heterocycles. The first kappa shape index (κ1) is 26.4. The molecule has 8 heteroatoms. The van der Waals surface area contributed by atoms with Crippen LogP contribution in [0, 0.1) is 19.7 Å². The van der Waals surface area contributed by atoms with E-state index in [1.54, 1.807) is 6.07 Å². The van der Waals surface area contributed by atoms with Crippen molar-refractivity contribution in [2.75, 3.05) is 7.05 Å². The molecule has 0 heterocycles. The number of hydrogen-bond acceptors (Lipinski definition) is 4. The molecule has 0 saturated heterocycles. The fourth-order valence-corrected chi connectivity index (χ4v) is 3.40. The third-order valence-corrected chi connectivity index (χ3v) is 4.95. The molecule has 0 unspecified atom stereocenters. The molecular formula is C25H24FN2NaO4. The Balaban J connectivity index is 0.00000385. The fraction of sp³-hybridized carbons (Fsp3) is 0.200. The number of ether oxygens (including phenoxy) is 1. The van der Waals surface area contributed by atoms with Crippen LogP contribution in [0.15, 0.2) is 60.7 Å². The number of carbonyl (C=O) groups excluding carboxylic acids is 2. The van der Waals surface area contributed by atoms with Crippen molar-refractivity contribution in [2.45, 2.75) is 27.0 Å². The Morgan fingerprint density at radius 2 is 1.76 bits per heavy atom. The van der Waals surface area contributed by atoms with E-state index in [4.69, 9.17) is 4.74 Å². The number of hydrogen-bond donors (Lipinski definition) is 0. The van der Waals surface area contributed by atoms with E-state index in [1.807, 2.05) is 18.2 Å². The molecule has 0 spiro atoms. The predicted octanol–water partition coefficient (Wildman–Crippen LogP) is 2.71. The molecule has 6 nitrogen and oxygen atoms in total. The quantitative estimate of drug-likeness (QED) is 0.296. The SMILES string of the molecule is C[N-]C(=O)ON(C=O)Cc1ccc(OCc2cccc(-c3c(C)cccc3C)c2)cc1F.[Na+]. The second kappa shape index (κ2) is 12.4. The molecule has 0 atom stereocenters. The van der Waals surface area contributed by atoms with Crippen LogP contribution in [-0.2, 0) is 22.8 Å². The first-order valence-corrected chi connectivity index (χ1v) is 10.0. The van der Waals surface area contributed by atoms with Gasteiger partial charge in [0.15, 0.2) is 0 Å². The summed E-state index contributed by atoms with van der Waals surface area (Å²) in [6.45, 7) is 4.20. The zero-order valence-corrected chi connectivity index (χ0v) is 21.2. The largest absolute Gasteiger partial charge is 1.00 e. The summed E-state index contributed by atoms with van der Waals surface area (Å²) in [4.78, 5) is 26.9. The second-order valence-electron chi connectivity index (χ2n) is 7.27. The molecule has 0 aliphatic carbocycles. The normalized spacial score (nSPS) is 10.1. The van der Waals surface area contributed by atoms with Crippen LogP contribution in [0.1, 0.15) is 22.3 Å². The smallest absolute Gasteiger partial charge is 0.617 e. The van der Waals surface area contributed by atoms with Crippen molar-refractivity contribution < 1.29 is 53.1 Å². The maximum Gasteiger partial charge on any atom is 1.00 e. The van der Waals surface area contributed by atoms with Gasteiger partial charge in [-0.05, 0) is 53.8 Å². The Morgan fingerprint density at radius 3 is 2.39 bits per heavy atom. The molecule has 0 aromatic heterocycles. The van der Waals surface area contributed by atoms with Crippen molar-refractivity contribution in [3.8, 4) is 16.9 Å². The van der Waals surface area contributed by atoms with E-state index >= 15 is 0 Å². The molecule has 0 N–H and O–H groups in total. The standard InChI is InChI=1S/C25H25FN2O4.Na/c1-17-6-4-7-18(2)24(17)20-9-5-8-19(12-20)15-31-22-11-10-21(23(26)13-22)14-28(16-29)32-25(30)27-3;/h4-13,16H,14-15H2,1-3H3,(H,27,30);/q;+1/p-1. The molecule has 2 amide bonds. The average molecular weight is 458 g/mol. The molecule has 166 valence electrons. The third kappa shape index (κ3) is 7.05. The minimum atomic E-state index is -0.944. The second-order valence-corrected chi connectivity index (χ2v) is 7.27. The van der Waals surface area contributed by atoms with Crippen molar-refractivity contribution in [3.63, 3.8) is 0 Å². The van der Waals surface area contributed by atoms with E-state index in [1.165, 1.54) is 35.9 Å². The molecule has 0 bridgehead atoms. The van der Waals surface area contributed by atoms with Gasteiger partial charge < -0.3 is 14.9 Å². The van der Waals surface area contributed by atoms with Gasteiger partial charge >= 0.3 is 29.6 Å². The first-order chi connectivity index (χ1) is 15.4. The maximum absolute atomic E-state index is 14.5. The molecule has 0 saturated carbocycles. The summed E-state index contributed by atoms with van der Waals surface area (Å²) in [6.07, 6.45) is -0.656. The van der Waals surface area contributed by atoms with Crippen molar-refractivity contribution in [3.05, 3.63) is 94.1 Å². The Bertz CT molecular complexity index is 1100. The van der Waals surface area contributed by atoms with Crippen LogP contribution in [0.2, 0.25) is 0 Å². The Kier molecular flexibility index (Phi) is 9.91. The summed E-state index contributed by atoms with van der Waals surface area (Å²) in [6, 6.07) is 18.6. The Labute approximate surface area is 214 Å². The Morgan fingerprint density at radius 1 is 1.06 bits per heavy atom. The summed E-state index contributed by atoms with van der Waals surface area (Å²) in [5.74, 6) is -0.231. The van der Waals surface area contributed by atoms with Crippen LogP contribution in [0.25, 0.3) is 16.4 Å². The van der Waals surface area contributed by atoms with Crippen LogP contribution in [0.3, 0.4) is 0 Å². The molecular weight excluding hydrogens is 434 g/mol. The number of benzene rings is 3. The van der Waals surface area contributed by atoms with Gasteiger partial charge in [-0.15, -0.1) is 7.05 Å². The van der Waals surface area contributed by atoms with Crippen molar-refractivity contribution in [1.82, 2.24) is 5.06 Å². The molecule has 3 aromatic carbocycles. The summed E-state index contributed by atoms with van der Waals surface area (Å²) < 4.78 is 20.2. The van der Waals surface area contributed by atoms with Crippen molar-refractivity contribution in [2.24, 2.45) is 0 Å². The van der Waals surface area contributed by atoms with E-state index in [0.29, 0.717) is 10.8 Å². The van der Waals surface area contributed by atoms with Crippen LogP contribution < -0.4 is 34.3 Å². The molecule has 0 radical (unpaired) electrons. The monoisotopic (exact) mass is 458 g/mol. The van der Waals surface area contributed by atoms with Crippen LogP contribution >= 0.6 is 0 Å². The van der Waals surface area contributed by atoms with E-state index in [0.717, 1.165) is 11.1 Å². The molecule has 0 aliphatic rings. The number of carbonyl (C=O) groups is 2. The maximum atomic E-state index is 14.5. The predicted molar refractivity (Wildman–Crippen MR) is 119 cm³/mol. The minimum absolute atomic E-state index is 0. The van der Waals surface area contributed by atoms with E-state index in [9.17, 15) is 14.0 Å². The summed E-state index contributed by atoms with van der Waals surface area (Å²) >= 11 is 0. The van der Waals surface area contributed by atoms with Gasteiger partial charge in [0.1, 0.15) is 18.2 Å². The summed E-state index contributed by atoms with van der Waals surface area (Å²) in [5, 5.41) is 3.94. The van der Waals surface area contributed by atoms with Gasteiger partial charge in [0.05, 0.1) is 6.54 Å². The van der Waals surface area contributed by atoms with Crippen LogP contribution in [0.5, 0.6) is 5.75 Å². The average Bonchev–Trinajstić information content (AvgIpc) is 2.78. The topological polar surface area (TPSA) is 69.9 Å². The number of halogens is 1. The molecule has 3 aromatic rings. The third-order valence-electron chi connectivity index (χ3n) is 4.95. The zero-order chi connectivity index (χ0) is 23.1. The van der Waals surface area contributed by atoms with Crippen molar-refractivity contribution in [1.29, 1.82) is 0 Å². The van der Waals surface area contributed by atoms with E-state index in [-0.39, 0.29) is 54.7 Å². The summed E-state index contributed by atoms with van der Waals surface area (Å²) in [5.41, 5.74) is 5.82. The van der Waals surface area contributed by atoms with Crippen LogP contribution in [-0.4, -0.2) is 24.6 Å². The summed E-state index contributed by atoms with van der Waals surface area (Å²) in [7, 11) is 1.23. The first-order valence-electron chi connectivity index (χ1n) is 10.0. The number of hydroxylamine groups is 2. The zero-order valence-electron chi connectivity index (χ0n) is 19.2. The van der Waals surface area contributed by atoms with Gasteiger partial charge in [-0.25, -0.2) is 4.39 Å². The Hall–Kier alpha value is -2.87. The van der Waals surface area contributed by atoms with Crippen LogP contribution in [0.4, 0.5) is 9.18 Å². The van der Waals surface area contributed by atoms with E-state index < -0.39 is 11.9 Å². The number of nitrogens with zero attached hydrogens (tertiary/aromatic N) is 2. The number of aryl methyl sites for hydroxylation is 2. The molecule has 3 rings (SSSR count). The van der Waals surface area contributed by atoms with Gasteiger partial charge in [-0.1, -0.05) is 42.5 Å². The van der Waals surface area contributed by atoms with E-state index in [2.05, 4.69) is 48.3 Å². The van der Waals surface area contributed by atoms with Gasteiger partial charge in [0.2, 0.25) is 6.41 Å². The number of rotatable bonds is 8. The van der Waals surface area contributed by atoms with Gasteiger partial charge in [-0.2, -0.15) is 5.06 Å². The molecule has 33 heavy (non-hydrogen) atoms. The van der Waals surface area contributed by atoms with Crippen molar-refractivity contribution >= 4 is 12.5 Å². The minimum Gasteiger partial charge on any atom is -0.617 e. The number of amides is 2. The molecule has 0 fully saturated rings.